The largest absolute Gasteiger partial charge is 0.457 e. The maximum absolute atomic E-state index is 13.1. The third kappa shape index (κ3) is 3.25. The molecule has 5 heteroatoms. The van der Waals surface area contributed by atoms with E-state index in [1.54, 1.807) is 12.1 Å². The molecule has 0 amide bonds. The molecular formula is C13H8Br2ClFO. The number of hydrogen-bond acceptors (Lipinski definition) is 1. The van der Waals surface area contributed by atoms with Gasteiger partial charge in [0, 0.05) is 10.0 Å². The summed E-state index contributed by atoms with van der Waals surface area (Å²) in [6, 6.07) is 10.1. The highest BCUT2D eigenvalue weighted by molar-refractivity contribution is 9.10. The molecule has 0 saturated heterocycles. The summed E-state index contributed by atoms with van der Waals surface area (Å²) < 4.78 is 20.1. The molecule has 0 fully saturated rings. The quantitative estimate of drug-likeness (QED) is 0.591. The predicted octanol–water partition coefficient (Wildman–Crippen LogP) is 5.88. The van der Waals surface area contributed by atoms with Crippen molar-refractivity contribution >= 4 is 43.5 Å². The van der Waals surface area contributed by atoms with Crippen LogP contribution in [0.4, 0.5) is 4.39 Å². The second-order valence-corrected chi connectivity index (χ2v) is 5.60. The third-order valence-electron chi connectivity index (χ3n) is 2.29. The topological polar surface area (TPSA) is 9.23 Å². The average Bonchev–Trinajstić information content (AvgIpc) is 2.34. The zero-order valence-electron chi connectivity index (χ0n) is 9.09. The molecule has 0 atom stereocenters. The van der Waals surface area contributed by atoms with Crippen LogP contribution < -0.4 is 4.74 Å². The molecule has 18 heavy (non-hydrogen) atoms. The van der Waals surface area contributed by atoms with E-state index in [4.69, 9.17) is 16.3 Å². The molecule has 2 aromatic carbocycles. The van der Waals surface area contributed by atoms with Crippen LogP contribution in [0.5, 0.6) is 11.5 Å². The second kappa shape index (κ2) is 6.04. The van der Waals surface area contributed by atoms with Gasteiger partial charge in [-0.3, -0.25) is 0 Å². The molecule has 0 spiro atoms. The first-order chi connectivity index (χ1) is 8.60. The van der Waals surface area contributed by atoms with Crippen molar-refractivity contribution in [1.29, 1.82) is 0 Å². The number of benzene rings is 2. The van der Waals surface area contributed by atoms with Crippen molar-refractivity contribution in [3.05, 3.63) is 56.7 Å². The lowest BCUT2D eigenvalue weighted by molar-refractivity contribution is 0.475. The Morgan fingerprint density at radius 2 is 1.89 bits per heavy atom. The van der Waals surface area contributed by atoms with Crippen LogP contribution >= 0.6 is 43.5 Å². The second-order valence-electron chi connectivity index (χ2n) is 3.56. The molecule has 0 aliphatic carbocycles. The predicted molar refractivity (Wildman–Crippen MR) is 77.9 cm³/mol. The SMILES string of the molecule is Fc1ccc(Oc2cc(Br)ccc2CCl)cc1Br. The standard InChI is InChI=1S/C13H8Br2ClFO/c14-9-2-1-8(7-16)13(5-9)18-10-3-4-12(17)11(15)6-10/h1-6H,7H2. The average molecular weight is 394 g/mol. The Morgan fingerprint density at radius 1 is 1.11 bits per heavy atom. The third-order valence-corrected chi connectivity index (χ3v) is 3.68. The van der Waals surface area contributed by atoms with E-state index in [0.717, 1.165) is 10.0 Å². The van der Waals surface area contributed by atoms with Gasteiger partial charge in [0.1, 0.15) is 17.3 Å². The lowest BCUT2D eigenvalue weighted by atomic mass is 10.2. The summed E-state index contributed by atoms with van der Waals surface area (Å²) in [5.41, 5.74) is 0.875. The molecule has 2 rings (SSSR count). The van der Waals surface area contributed by atoms with Crippen molar-refractivity contribution < 1.29 is 9.13 Å². The molecule has 1 nitrogen and oxygen atoms in total. The minimum atomic E-state index is -0.325. The van der Waals surface area contributed by atoms with Gasteiger partial charge in [-0.1, -0.05) is 22.0 Å². The summed E-state index contributed by atoms with van der Waals surface area (Å²) in [6.45, 7) is 0. The van der Waals surface area contributed by atoms with Crippen molar-refractivity contribution in [3.8, 4) is 11.5 Å². The van der Waals surface area contributed by atoms with Gasteiger partial charge in [0.05, 0.1) is 10.4 Å². The maximum atomic E-state index is 13.1. The van der Waals surface area contributed by atoms with E-state index in [-0.39, 0.29) is 5.82 Å². The van der Waals surface area contributed by atoms with Gasteiger partial charge in [-0.15, -0.1) is 11.6 Å². The van der Waals surface area contributed by atoms with Crippen LogP contribution in [0.2, 0.25) is 0 Å². The van der Waals surface area contributed by atoms with Gasteiger partial charge in [0.15, 0.2) is 0 Å². The zero-order valence-corrected chi connectivity index (χ0v) is 13.0. The fourth-order valence-corrected chi connectivity index (χ4v) is 2.32. The molecular weight excluding hydrogens is 386 g/mol. The molecule has 0 radical (unpaired) electrons. The van der Waals surface area contributed by atoms with Crippen LogP contribution in [0, 0.1) is 5.82 Å². The Labute approximate surface area is 126 Å². The van der Waals surface area contributed by atoms with Gasteiger partial charge in [-0.2, -0.15) is 0 Å². The van der Waals surface area contributed by atoms with E-state index in [2.05, 4.69) is 31.9 Å². The van der Waals surface area contributed by atoms with Crippen LogP contribution in [0.25, 0.3) is 0 Å². The lowest BCUT2D eigenvalue weighted by Crippen LogP contribution is -1.90. The summed E-state index contributed by atoms with van der Waals surface area (Å²) in [7, 11) is 0. The number of rotatable bonds is 3. The van der Waals surface area contributed by atoms with E-state index < -0.39 is 0 Å². The molecule has 2 aromatic rings. The highest BCUT2D eigenvalue weighted by Gasteiger charge is 2.07. The van der Waals surface area contributed by atoms with E-state index >= 15 is 0 Å². The molecule has 0 saturated carbocycles. The van der Waals surface area contributed by atoms with Crippen molar-refractivity contribution in [2.75, 3.05) is 0 Å². The van der Waals surface area contributed by atoms with Crippen LogP contribution in [0.1, 0.15) is 5.56 Å². The van der Waals surface area contributed by atoms with E-state index in [9.17, 15) is 4.39 Å². The molecule has 0 bridgehead atoms. The summed E-state index contributed by atoms with van der Waals surface area (Å²) in [5, 5.41) is 0. The normalized spacial score (nSPS) is 10.4. The lowest BCUT2D eigenvalue weighted by Gasteiger charge is -2.10. The zero-order chi connectivity index (χ0) is 13.1. The molecule has 0 aliphatic rings. The Hall–Kier alpha value is -0.580. The fourth-order valence-electron chi connectivity index (χ4n) is 1.40. The van der Waals surface area contributed by atoms with Crippen LogP contribution in [0.15, 0.2) is 45.3 Å². The molecule has 0 N–H and O–H groups in total. The minimum Gasteiger partial charge on any atom is -0.457 e. The first kappa shape index (κ1) is 13.8. The summed E-state index contributed by atoms with van der Waals surface area (Å²) in [6.07, 6.45) is 0. The van der Waals surface area contributed by atoms with E-state index in [1.165, 1.54) is 6.07 Å². The van der Waals surface area contributed by atoms with Gasteiger partial charge in [0.25, 0.3) is 0 Å². The smallest absolute Gasteiger partial charge is 0.137 e. The first-order valence-corrected chi connectivity index (χ1v) is 7.19. The van der Waals surface area contributed by atoms with Crippen LogP contribution in [0.3, 0.4) is 0 Å². The minimum absolute atomic E-state index is 0.325. The molecule has 0 unspecified atom stereocenters. The van der Waals surface area contributed by atoms with Crippen molar-refractivity contribution in [3.63, 3.8) is 0 Å². The van der Waals surface area contributed by atoms with Gasteiger partial charge in [-0.25, -0.2) is 4.39 Å². The summed E-state index contributed by atoms with van der Waals surface area (Å²) >= 11 is 12.3. The Morgan fingerprint density at radius 3 is 2.56 bits per heavy atom. The highest BCUT2D eigenvalue weighted by atomic mass is 79.9. The Kier molecular flexibility index (Phi) is 4.65. The van der Waals surface area contributed by atoms with E-state index in [0.29, 0.717) is 21.9 Å². The molecule has 94 valence electrons. The Bertz CT molecular complexity index is 575. The van der Waals surface area contributed by atoms with Gasteiger partial charge in [-0.05, 0) is 46.3 Å². The van der Waals surface area contributed by atoms with Crippen molar-refractivity contribution in [1.82, 2.24) is 0 Å². The number of ether oxygens (including phenoxy) is 1. The number of hydrogen-bond donors (Lipinski definition) is 0. The molecule has 0 heterocycles. The van der Waals surface area contributed by atoms with Gasteiger partial charge >= 0.3 is 0 Å². The first-order valence-electron chi connectivity index (χ1n) is 5.07. The van der Waals surface area contributed by atoms with Crippen LogP contribution in [-0.4, -0.2) is 0 Å². The van der Waals surface area contributed by atoms with Crippen molar-refractivity contribution in [2.45, 2.75) is 5.88 Å². The summed E-state index contributed by atoms with van der Waals surface area (Å²) in [5.74, 6) is 1.23. The molecule has 0 aliphatic heterocycles. The van der Waals surface area contributed by atoms with Crippen molar-refractivity contribution in [2.24, 2.45) is 0 Å². The Balaban J connectivity index is 2.33. The maximum Gasteiger partial charge on any atom is 0.137 e. The number of alkyl halides is 1. The van der Waals surface area contributed by atoms with Gasteiger partial charge in [0.2, 0.25) is 0 Å². The fraction of sp³-hybridized carbons (Fsp3) is 0.0769. The highest BCUT2D eigenvalue weighted by Crippen LogP contribution is 2.31. The molecule has 0 aromatic heterocycles. The number of halogens is 4. The van der Waals surface area contributed by atoms with E-state index in [1.807, 2.05) is 18.2 Å². The summed E-state index contributed by atoms with van der Waals surface area (Å²) in [4.78, 5) is 0. The van der Waals surface area contributed by atoms with Gasteiger partial charge < -0.3 is 4.74 Å². The van der Waals surface area contributed by atoms with Crippen LogP contribution in [-0.2, 0) is 5.88 Å². The monoisotopic (exact) mass is 392 g/mol.